The molecule has 1 aromatic carbocycles. The summed E-state index contributed by atoms with van der Waals surface area (Å²) >= 11 is 0. The van der Waals surface area contributed by atoms with Crippen molar-refractivity contribution in [2.45, 2.75) is 57.6 Å². The van der Waals surface area contributed by atoms with Gasteiger partial charge < -0.3 is 19.6 Å². The highest BCUT2D eigenvalue weighted by Gasteiger charge is 2.57. The Morgan fingerprint density at radius 3 is 2.50 bits per heavy atom. The average molecular weight is 385 g/mol. The number of amides is 1. The Kier molecular flexibility index (Phi) is 4.87. The molecule has 0 saturated heterocycles. The highest BCUT2D eigenvalue weighted by molar-refractivity contribution is 5.97. The summed E-state index contributed by atoms with van der Waals surface area (Å²) in [4.78, 5) is 43.2. The Morgan fingerprint density at radius 2 is 1.82 bits per heavy atom. The lowest BCUT2D eigenvalue weighted by atomic mass is 9.54. The van der Waals surface area contributed by atoms with Gasteiger partial charge in [0.2, 0.25) is 0 Å². The molecule has 0 unspecified atom stereocenters. The second-order valence-electron chi connectivity index (χ2n) is 8.07. The fraction of sp³-hybridized carbons (Fsp3) is 0.571. The number of hydrogen-bond acceptors (Lipinski definition) is 4. The molecule has 2 N–H and O–H groups in total. The summed E-state index contributed by atoms with van der Waals surface area (Å²) in [7, 11) is 1.87. The molecule has 0 radical (unpaired) electrons. The van der Waals surface area contributed by atoms with E-state index in [4.69, 9.17) is 4.74 Å². The third-order valence-electron chi connectivity index (χ3n) is 6.65. The molecular weight excluding hydrogens is 358 g/mol. The van der Waals surface area contributed by atoms with Gasteiger partial charge in [0.25, 0.3) is 5.91 Å². The largest absolute Gasteiger partial charge is 0.378 e. The number of nitrogens with one attached hydrogen (secondary N) is 2. The molecule has 28 heavy (non-hydrogen) atoms. The third-order valence-corrected chi connectivity index (χ3v) is 6.65. The molecule has 7 nitrogen and oxygen atoms in total. The maximum atomic E-state index is 13.2. The molecule has 2 aliphatic carbocycles. The molecule has 2 fully saturated rings. The standard InChI is InChI=1S/C21H27N3O4/c1-3-28-17-12-16(21(17)9-5-4-6-10-21)24(2)20(27)13-7-8-14-15(11-13)23-19(26)18(25)22-14/h7-8,11,16-17H,3-6,9-10,12H2,1-2H3,(H,22,25)(H,23,26)/t16-,17+/m0/s1. The summed E-state index contributed by atoms with van der Waals surface area (Å²) in [5, 5.41) is 0. The van der Waals surface area contributed by atoms with E-state index in [1.54, 1.807) is 18.2 Å². The van der Waals surface area contributed by atoms with Crippen LogP contribution < -0.4 is 11.1 Å². The molecule has 0 bridgehead atoms. The minimum absolute atomic E-state index is 0.0646. The van der Waals surface area contributed by atoms with Crippen LogP contribution in [0.1, 0.15) is 55.8 Å². The maximum absolute atomic E-state index is 13.2. The predicted octanol–water partition coefficient (Wildman–Crippen LogP) is 2.42. The van der Waals surface area contributed by atoms with E-state index in [-0.39, 0.29) is 23.5 Å². The van der Waals surface area contributed by atoms with Crippen molar-refractivity contribution in [1.29, 1.82) is 0 Å². The van der Waals surface area contributed by atoms with Crippen LogP contribution in [0.4, 0.5) is 0 Å². The van der Waals surface area contributed by atoms with Crippen molar-refractivity contribution in [2.24, 2.45) is 5.41 Å². The van der Waals surface area contributed by atoms with Crippen molar-refractivity contribution in [2.75, 3.05) is 13.7 Å². The number of rotatable bonds is 4. The van der Waals surface area contributed by atoms with Gasteiger partial charge in [0.15, 0.2) is 0 Å². The SMILES string of the molecule is CCO[C@@H]1C[C@H](N(C)C(=O)c2ccc3[nH]c(=O)c(=O)[nH]c3c2)C12CCCCC2. The Labute approximate surface area is 163 Å². The number of fused-ring (bicyclic) bond motifs is 1. The predicted molar refractivity (Wildman–Crippen MR) is 107 cm³/mol. The molecule has 1 heterocycles. The summed E-state index contributed by atoms with van der Waals surface area (Å²) in [5.74, 6) is -0.0705. The first-order chi connectivity index (χ1) is 13.5. The van der Waals surface area contributed by atoms with Gasteiger partial charge in [-0.1, -0.05) is 19.3 Å². The Hall–Kier alpha value is -2.41. The molecule has 0 aliphatic heterocycles. The van der Waals surface area contributed by atoms with Crippen LogP contribution in [0.15, 0.2) is 27.8 Å². The zero-order valence-corrected chi connectivity index (χ0v) is 16.4. The van der Waals surface area contributed by atoms with Crippen molar-refractivity contribution in [3.05, 3.63) is 44.5 Å². The number of carbonyl (C=O) groups excluding carboxylic acids is 1. The van der Waals surface area contributed by atoms with Gasteiger partial charge in [-0.2, -0.15) is 0 Å². The third kappa shape index (κ3) is 2.98. The molecule has 4 rings (SSSR count). The number of carbonyl (C=O) groups is 1. The number of aromatic amines is 2. The lowest BCUT2D eigenvalue weighted by Gasteiger charge is -2.60. The van der Waals surface area contributed by atoms with Crippen molar-refractivity contribution < 1.29 is 9.53 Å². The van der Waals surface area contributed by atoms with Crippen molar-refractivity contribution in [3.8, 4) is 0 Å². The number of ether oxygens (including phenoxy) is 1. The van der Waals surface area contributed by atoms with Gasteiger partial charge in [0.05, 0.1) is 17.1 Å². The monoisotopic (exact) mass is 385 g/mol. The summed E-state index contributed by atoms with van der Waals surface area (Å²) in [6.45, 7) is 2.73. The number of nitrogens with zero attached hydrogens (tertiary/aromatic N) is 1. The zero-order valence-electron chi connectivity index (χ0n) is 16.4. The highest BCUT2D eigenvalue weighted by atomic mass is 16.5. The summed E-state index contributed by atoms with van der Waals surface area (Å²) in [5.41, 5.74) is 0.118. The van der Waals surface area contributed by atoms with Gasteiger partial charge in [-0.05, 0) is 44.4 Å². The number of H-pyrrole nitrogens is 2. The van der Waals surface area contributed by atoms with E-state index in [1.807, 2.05) is 18.9 Å². The number of aromatic nitrogens is 2. The van der Waals surface area contributed by atoms with Crippen molar-refractivity contribution >= 4 is 16.9 Å². The topological polar surface area (TPSA) is 95.3 Å². The summed E-state index contributed by atoms with van der Waals surface area (Å²) in [6.07, 6.45) is 6.93. The average Bonchev–Trinajstić information content (AvgIpc) is 2.71. The van der Waals surface area contributed by atoms with Crippen molar-refractivity contribution in [1.82, 2.24) is 14.9 Å². The first-order valence-electron chi connectivity index (χ1n) is 10.1. The van der Waals surface area contributed by atoms with Crippen LogP contribution in [0.5, 0.6) is 0 Å². The maximum Gasteiger partial charge on any atom is 0.314 e. The van der Waals surface area contributed by atoms with E-state index >= 15 is 0 Å². The van der Waals surface area contributed by atoms with Gasteiger partial charge >= 0.3 is 11.1 Å². The molecular formula is C21H27N3O4. The molecule has 1 aromatic heterocycles. The summed E-state index contributed by atoms with van der Waals surface area (Å²) in [6, 6.07) is 5.16. The Bertz CT molecular complexity index is 1000. The van der Waals surface area contributed by atoms with Gasteiger partial charge in [-0.25, -0.2) is 0 Å². The van der Waals surface area contributed by atoms with E-state index in [0.29, 0.717) is 23.2 Å². The fourth-order valence-electron chi connectivity index (χ4n) is 5.16. The molecule has 1 spiro atoms. The van der Waals surface area contributed by atoms with E-state index in [1.165, 1.54) is 19.3 Å². The van der Waals surface area contributed by atoms with Crippen LogP contribution in [0.2, 0.25) is 0 Å². The fourth-order valence-corrected chi connectivity index (χ4v) is 5.16. The summed E-state index contributed by atoms with van der Waals surface area (Å²) < 4.78 is 6.01. The molecule has 2 atom stereocenters. The van der Waals surface area contributed by atoms with Gasteiger partial charge in [0, 0.05) is 30.7 Å². The second kappa shape index (κ2) is 7.20. The molecule has 1 amide bonds. The molecule has 150 valence electrons. The normalized spacial score (nSPS) is 23.5. The van der Waals surface area contributed by atoms with Crippen LogP contribution in [-0.2, 0) is 4.74 Å². The minimum atomic E-state index is -0.717. The Morgan fingerprint density at radius 1 is 1.14 bits per heavy atom. The van der Waals surface area contributed by atoms with E-state index in [9.17, 15) is 14.4 Å². The second-order valence-corrected chi connectivity index (χ2v) is 8.07. The first-order valence-corrected chi connectivity index (χ1v) is 10.1. The lowest BCUT2D eigenvalue weighted by Crippen LogP contribution is -2.65. The van der Waals surface area contributed by atoms with Crippen molar-refractivity contribution in [3.63, 3.8) is 0 Å². The number of hydrogen-bond donors (Lipinski definition) is 2. The zero-order chi connectivity index (χ0) is 19.9. The van der Waals surface area contributed by atoms with Crippen LogP contribution in [0.3, 0.4) is 0 Å². The van der Waals surface area contributed by atoms with Gasteiger partial charge in [-0.3, -0.25) is 14.4 Å². The van der Waals surface area contributed by atoms with E-state index in [0.717, 1.165) is 19.3 Å². The smallest absolute Gasteiger partial charge is 0.314 e. The quantitative estimate of drug-likeness (QED) is 0.790. The van der Waals surface area contributed by atoms with Crippen LogP contribution in [0.25, 0.3) is 11.0 Å². The van der Waals surface area contributed by atoms with E-state index < -0.39 is 11.1 Å². The van der Waals surface area contributed by atoms with Crippen LogP contribution in [-0.4, -0.2) is 46.6 Å². The molecule has 2 saturated carbocycles. The molecule has 2 aromatic rings. The van der Waals surface area contributed by atoms with Crippen LogP contribution in [0, 0.1) is 5.41 Å². The lowest BCUT2D eigenvalue weighted by molar-refractivity contribution is -0.170. The molecule has 2 aliphatic rings. The first kappa shape index (κ1) is 18.9. The van der Waals surface area contributed by atoms with Gasteiger partial charge in [0.1, 0.15) is 0 Å². The Balaban J connectivity index is 1.61. The van der Waals surface area contributed by atoms with Crippen LogP contribution >= 0.6 is 0 Å². The minimum Gasteiger partial charge on any atom is -0.378 e. The molecule has 7 heteroatoms. The highest BCUT2D eigenvalue weighted by Crippen LogP contribution is 2.55. The van der Waals surface area contributed by atoms with E-state index in [2.05, 4.69) is 9.97 Å². The number of benzene rings is 1. The van der Waals surface area contributed by atoms with Gasteiger partial charge in [-0.15, -0.1) is 0 Å².